The predicted molar refractivity (Wildman–Crippen MR) is 133 cm³/mol. The summed E-state index contributed by atoms with van der Waals surface area (Å²) in [7, 11) is 0. The number of ether oxygens (including phenoxy) is 1. The van der Waals surface area contributed by atoms with Gasteiger partial charge in [0.15, 0.2) is 0 Å². The first kappa shape index (κ1) is 24.2. The van der Waals surface area contributed by atoms with Crippen LogP contribution in [0.3, 0.4) is 0 Å². The van der Waals surface area contributed by atoms with E-state index in [1.165, 1.54) is 0 Å². The van der Waals surface area contributed by atoms with Crippen LogP contribution in [0.2, 0.25) is 0 Å². The summed E-state index contributed by atoms with van der Waals surface area (Å²) in [5.41, 5.74) is 15.3. The van der Waals surface area contributed by atoms with Crippen LogP contribution in [-0.4, -0.2) is 46.0 Å². The number of carbonyl (C=O) groups excluding carboxylic acids is 2. The van der Waals surface area contributed by atoms with Crippen molar-refractivity contribution in [1.82, 2.24) is 9.88 Å². The maximum atomic E-state index is 12.6. The molecule has 1 fully saturated rings. The van der Waals surface area contributed by atoms with Crippen LogP contribution in [0.5, 0.6) is 11.6 Å². The lowest BCUT2D eigenvalue weighted by Gasteiger charge is -2.32. The second-order valence-electron chi connectivity index (χ2n) is 8.89. The van der Waals surface area contributed by atoms with E-state index in [0.717, 1.165) is 22.3 Å². The number of aromatic hydroxyl groups is 1. The summed E-state index contributed by atoms with van der Waals surface area (Å²) in [6.07, 6.45) is 3.03. The minimum atomic E-state index is -0.608. The van der Waals surface area contributed by atoms with Gasteiger partial charge >= 0.3 is 0 Å². The molecule has 1 aliphatic heterocycles. The minimum absolute atomic E-state index is 0.0319. The molecule has 1 saturated heterocycles. The Hall–Kier alpha value is -3.91. The Morgan fingerprint density at radius 2 is 1.74 bits per heavy atom. The molecule has 1 aromatic heterocycles. The van der Waals surface area contributed by atoms with Gasteiger partial charge in [-0.3, -0.25) is 9.59 Å². The number of pyridine rings is 1. The highest BCUT2D eigenvalue weighted by atomic mass is 16.5. The summed E-state index contributed by atoms with van der Waals surface area (Å²) in [6, 6.07) is 16.1. The van der Waals surface area contributed by atoms with E-state index in [4.69, 9.17) is 16.2 Å². The van der Waals surface area contributed by atoms with E-state index in [9.17, 15) is 14.7 Å². The number of hydrogen-bond donors (Lipinski definition) is 3. The van der Waals surface area contributed by atoms with Gasteiger partial charge in [0.05, 0.1) is 6.42 Å². The number of hydrogen-bond acceptors (Lipinski definition) is 6. The van der Waals surface area contributed by atoms with Crippen molar-refractivity contribution in [2.75, 3.05) is 13.1 Å². The molecule has 3 aromatic rings. The largest absolute Gasteiger partial charge is 0.508 e. The highest BCUT2D eigenvalue weighted by molar-refractivity contribution is 5.96. The van der Waals surface area contributed by atoms with Gasteiger partial charge in [0.1, 0.15) is 17.4 Å². The van der Waals surface area contributed by atoms with Crippen LogP contribution in [0, 0.1) is 0 Å². The van der Waals surface area contributed by atoms with E-state index in [1.807, 2.05) is 36.1 Å². The van der Waals surface area contributed by atoms with Crippen molar-refractivity contribution in [1.29, 1.82) is 0 Å². The number of primary amides is 1. The molecule has 8 nitrogen and oxygen atoms in total. The molecule has 1 atom stereocenters. The summed E-state index contributed by atoms with van der Waals surface area (Å²) in [4.78, 5) is 31.0. The molecule has 5 N–H and O–H groups in total. The number of carbonyl (C=O) groups is 2. The molecule has 0 saturated carbocycles. The van der Waals surface area contributed by atoms with E-state index in [0.29, 0.717) is 25.9 Å². The van der Waals surface area contributed by atoms with Crippen molar-refractivity contribution in [3.63, 3.8) is 0 Å². The van der Waals surface area contributed by atoms with Crippen molar-refractivity contribution in [3.8, 4) is 22.8 Å². The van der Waals surface area contributed by atoms with Gasteiger partial charge < -0.3 is 26.2 Å². The van der Waals surface area contributed by atoms with Crippen molar-refractivity contribution in [2.45, 2.75) is 38.3 Å². The maximum absolute atomic E-state index is 12.6. The normalized spacial score (nSPS) is 15.0. The summed E-state index contributed by atoms with van der Waals surface area (Å²) >= 11 is 0. The third kappa shape index (κ3) is 5.96. The minimum Gasteiger partial charge on any atom is -0.508 e. The summed E-state index contributed by atoms with van der Waals surface area (Å²) in [5, 5.41) is 9.40. The quantitative estimate of drug-likeness (QED) is 0.482. The van der Waals surface area contributed by atoms with E-state index in [-0.39, 0.29) is 41.7 Å². The SMILES string of the molecule is CC(N)c1ccc(-c2cnc(OC3CCN(C(=O)Cc4ccc(O)cc4)CC3)c(C(N)=O)c2)cc1. The molecule has 0 aliphatic carbocycles. The van der Waals surface area contributed by atoms with Crippen molar-refractivity contribution >= 4 is 11.8 Å². The summed E-state index contributed by atoms with van der Waals surface area (Å²) < 4.78 is 6.05. The van der Waals surface area contributed by atoms with E-state index in [2.05, 4.69) is 4.98 Å². The van der Waals surface area contributed by atoms with Crippen LogP contribution in [-0.2, 0) is 11.2 Å². The number of phenolic OH excluding ortho intramolecular Hbond substituents is 1. The van der Waals surface area contributed by atoms with Crippen LogP contribution in [0.15, 0.2) is 60.8 Å². The van der Waals surface area contributed by atoms with Gasteiger partial charge in [0.2, 0.25) is 11.8 Å². The zero-order valence-corrected chi connectivity index (χ0v) is 19.7. The molecule has 0 radical (unpaired) electrons. The fourth-order valence-corrected chi connectivity index (χ4v) is 4.14. The average Bonchev–Trinajstić information content (AvgIpc) is 2.86. The lowest BCUT2D eigenvalue weighted by Crippen LogP contribution is -2.42. The van der Waals surface area contributed by atoms with E-state index in [1.54, 1.807) is 36.5 Å². The third-order valence-electron chi connectivity index (χ3n) is 6.25. The van der Waals surface area contributed by atoms with Crippen molar-refractivity contribution in [3.05, 3.63) is 77.5 Å². The molecule has 1 aliphatic rings. The van der Waals surface area contributed by atoms with Gasteiger partial charge in [0.25, 0.3) is 5.91 Å². The number of phenols is 1. The predicted octanol–water partition coefficient (Wildman–Crippen LogP) is 3.19. The number of amides is 2. The Bertz CT molecular complexity index is 1180. The van der Waals surface area contributed by atoms with E-state index >= 15 is 0 Å². The zero-order chi connectivity index (χ0) is 24.9. The molecule has 2 amide bonds. The van der Waals surface area contributed by atoms with Gasteiger partial charge in [-0.15, -0.1) is 0 Å². The summed E-state index contributed by atoms with van der Waals surface area (Å²) in [6.45, 7) is 3.03. The first-order valence-electron chi connectivity index (χ1n) is 11.7. The fourth-order valence-electron chi connectivity index (χ4n) is 4.14. The number of aromatic nitrogens is 1. The number of rotatable bonds is 7. The molecule has 2 heterocycles. The highest BCUT2D eigenvalue weighted by Crippen LogP contribution is 2.27. The van der Waals surface area contributed by atoms with Crippen LogP contribution in [0.25, 0.3) is 11.1 Å². The molecular weight excluding hydrogens is 444 g/mol. The van der Waals surface area contributed by atoms with Crippen LogP contribution < -0.4 is 16.2 Å². The van der Waals surface area contributed by atoms with Gasteiger partial charge in [0, 0.05) is 43.7 Å². The second-order valence-corrected chi connectivity index (χ2v) is 8.89. The fraction of sp³-hybridized carbons (Fsp3) is 0.296. The molecule has 2 aromatic carbocycles. The molecule has 0 spiro atoms. The first-order valence-corrected chi connectivity index (χ1v) is 11.7. The Kier molecular flexibility index (Phi) is 7.31. The Balaban J connectivity index is 1.38. The molecular formula is C27H30N4O4. The third-order valence-corrected chi connectivity index (χ3v) is 6.25. The molecule has 0 bridgehead atoms. The number of nitrogens with zero attached hydrogens (tertiary/aromatic N) is 2. The average molecular weight is 475 g/mol. The van der Waals surface area contributed by atoms with Crippen molar-refractivity contribution < 1.29 is 19.4 Å². The Morgan fingerprint density at radius 3 is 2.34 bits per heavy atom. The smallest absolute Gasteiger partial charge is 0.254 e. The second kappa shape index (κ2) is 10.6. The number of benzene rings is 2. The molecule has 182 valence electrons. The first-order chi connectivity index (χ1) is 16.8. The highest BCUT2D eigenvalue weighted by Gasteiger charge is 2.26. The maximum Gasteiger partial charge on any atom is 0.254 e. The van der Waals surface area contributed by atoms with Crippen molar-refractivity contribution in [2.24, 2.45) is 11.5 Å². The molecule has 8 heteroatoms. The number of nitrogens with two attached hydrogens (primary N) is 2. The van der Waals surface area contributed by atoms with E-state index < -0.39 is 5.91 Å². The van der Waals surface area contributed by atoms with Crippen LogP contribution in [0.1, 0.15) is 47.3 Å². The molecule has 35 heavy (non-hydrogen) atoms. The lowest BCUT2D eigenvalue weighted by molar-refractivity contribution is -0.132. The Morgan fingerprint density at radius 1 is 1.09 bits per heavy atom. The van der Waals surface area contributed by atoms with Gasteiger partial charge in [-0.2, -0.15) is 0 Å². The topological polar surface area (TPSA) is 132 Å². The monoisotopic (exact) mass is 474 g/mol. The molecule has 1 unspecified atom stereocenters. The van der Waals surface area contributed by atoms with Gasteiger partial charge in [-0.05, 0) is 41.8 Å². The molecule has 4 rings (SSSR count). The number of piperidine rings is 1. The number of likely N-dealkylation sites (tertiary alicyclic amines) is 1. The van der Waals surface area contributed by atoms with Crippen LogP contribution >= 0.6 is 0 Å². The standard InChI is InChI=1S/C27H30N4O4/c1-17(28)19-4-6-20(7-5-19)21-15-24(26(29)34)27(30-16-21)35-23-10-12-31(13-11-23)25(33)14-18-2-8-22(32)9-3-18/h2-9,15-17,23,32H,10-14,28H2,1H3,(H2,29,34). The van der Waals surface area contributed by atoms with Gasteiger partial charge in [-0.25, -0.2) is 4.98 Å². The Labute approximate surface area is 204 Å². The van der Waals surface area contributed by atoms with Gasteiger partial charge in [-0.1, -0.05) is 36.4 Å². The van der Waals surface area contributed by atoms with Crippen LogP contribution in [0.4, 0.5) is 0 Å². The zero-order valence-electron chi connectivity index (χ0n) is 19.7. The summed E-state index contributed by atoms with van der Waals surface area (Å²) in [5.74, 6) is -0.190. The lowest BCUT2D eigenvalue weighted by atomic mass is 10.0.